The van der Waals surface area contributed by atoms with Crippen LogP contribution in [0, 0.1) is 0 Å². The third-order valence-corrected chi connectivity index (χ3v) is 8.37. The highest BCUT2D eigenvalue weighted by atomic mass is 16.5. The van der Waals surface area contributed by atoms with Gasteiger partial charge in [-0.3, -0.25) is 0 Å². The Bertz CT molecular complexity index is 1610. The van der Waals surface area contributed by atoms with Crippen molar-refractivity contribution in [2.45, 2.75) is 18.3 Å². The summed E-state index contributed by atoms with van der Waals surface area (Å²) in [7, 11) is 6.06. The highest BCUT2D eigenvalue weighted by Crippen LogP contribution is 2.46. The molecule has 0 amide bonds. The van der Waals surface area contributed by atoms with Crippen molar-refractivity contribution >= 4 is 27.4 Å². The zero-order valence-corrected chi connectivity index (χ0v) is 24.3. The Morgan fingerprint density at radius 2 is 1.59 bits per heavy atom. The molecule has 210 valence electrons. The molecule has 0 aliphatic carbocycles. The normalized spacial score (nSPS) is 15.4. The quantitative estimate of drug-likeness (QED) is 0.198. The fourth-order valence-corrected chi connectivity index (χ4v) is 6.33. The van der Waals surface area contributed by atoms with Crippen LogP contribution in [0.15, 0.2) is 97.1 Å². The standard InChI is InChI=1S/C36H39N3O2/c1-38(2)19-18-32(31-15-9-13-26-10-7-8-14-30(26)31)35(27-11-5-4-6-12-27)33-25-28-24-29(39-20-22-41-23-21-39)16-17-34(28)37-36(33)40-3/h4-17,24-25,32,35H,18-23H2,1-3H3. The van der Waals surface area contributed by atoms with Crippen LogP contribution >= 0.6 is 0 Å². The van der Waals surface area contributed by atoms with Crippen molar-refractivity contribution < 1.29 is 9.47 Å². The average Bonchev–Trinajstić information content (AvgIpc) is 3.02. The van der Waals surface area contributed by atoms with E-state index in [0.29, 0.717) is 5.88 Å². The number of rotatable bonds is 9. The van der Waals surface area contributed by atoms with Crippen molar-refractivity contribution in [3.63, 3.8) is 0 Å². The second kappa shape index (κ2) is 12.3. The molecule has 0 spiro atoms. The summed E-state index contributed by atoms with van der Waals surface area (Å²) in [5.74, 6) is 0.961. The maximum atomic E-state index is 6.05. The first-order valence-electron chi connectivity index (χ1n) is 14.6. The molecule has 1 fully saturated rings. The van der Waals surface area contributed by atoms with E-state index in [1.54, 1.807) is 7.11 Å². The van der Waals surface area contributed by atoms with Gasteiger partial charge in [0.25, 0.3) is 0 Å². The van der Waals surface area contributed by atoms with Crippen LogP contribution in [0.3, 0.4) is 0 Å². The predicted octanol–water partition coefficient (Wildman–Crippen LogP) is 7.10. The maximum absolute atomic E-state index is 6.05. The largest absolute Gasteiger partial charge is 0.481 e. The van der Waals surface area contributed by atoms with Gasteiger partial charge in [-0.15, -0.1) is 0 Å². The summed E-state index contributed by atoms with van der Waals surface area (Å²) in [6, 6.07) is 35.3. The van der Waals surface area contributed by atoms with Gasteiger partial charge in [-0.2, -0.15) is 0 Å². The first kappa shape index (κ1) is 27.3. The Morgan fingerprint density at radius 3 is 2.37 bits per heavy atom. The molecule has 2 atom stereocenters. The van der Waals surface area contributed by atoms with Crippen molar-refractivity contribution in [1.82, 2.24) is 9.88 Å². The zero-order chi connectivity index (χ0) is 28.2. The number of hydrogen-bond donors (Lipinski definition) is 0. The van der Waals surface area contributed by atoms with Crippen LogP contribution < -0.4 is 9.64 Å². The van der Waals surface area contributed by atoms with Gasteiger partial charge in [0.15, 0.2) is 0 Å². The molecule has 41 heavy (non-hydrogen) atoms. The number of benzene rings is 4. The van der Waals surface area contributed by atoms with Gasteiger partial charge in [0, 0.05) is 35.6 Å². The summed E-state index contributed by atoms with van der Waals surface area (Å²) in [4.78, 5) is 9.77. The number of morpholine rings is 1. The summed E-state index contributed by atoms with van der Waals surface area (Å²) in [6.07, 6.45) is 0.996. The third-order valence-electron chi connectivity index (χ3n) is 8.37. The molecule has 0 bridgehead atoms. The van der Waals surface area contributed by atoms with Crippen molar-refractivity contribution in [3.05, 3.63) is 114 Å². The number of nitrogens with zero attached hydrogens (tertiary/aromatic N) is 3. The third kappa shape index (κ3) is 5.79. The smallest absolute Gasteiger partial charge is 0.217 e. The van der Waals surface area contributed by atoms with Crippen LogP contribution in [-0.2, 0) is 4.74 Å². The summed E-state index contributed by atoms with van der Waals surface area (Å²) in [5, 5.41) is 3.71. The van der Waals surface area contributed by atoms with Crippen LogP contribution in [0.25, 0.3) is 21.7 Å². The lowest BCUT2D eigenvalue weighted by Gasteiger charge is -2.32. The molecule has 5 heteroatoms. The van der Waals surface area contributed by atoms with Gasteiger partial charge < -0.3 is 19.3 Å². The number of methoxy groups -OCH3 is 1. The van der Waals surface area contributed by atoms with Gasteiger partial charge >= 0.3 is 0 Å². The molecule has 1 saturated heterocycles. The molecule has 0 N–H and O–H groups in total. The van der Waals surface area contributed by atoms with Crippen LogP contribution in [0.1, 0.15) is 34.9 Å². The number of hydrogen-bond acceptors (Lipinski definition) is 5. The maximum Gasteiger partial charge on any atom is 0.217 e. The first-order valence-corrected chi connectivity index (χ1v) is 14.6. The zero-order valence-electron chi connectivity index (χ0n) is 24.3. The van der Waals surface area contributed by atoms with Crippen molar-refractivity contribution in [3.8, 4) is 5.88 Å². The predicted molar refractivity (Wildman–Crippen MR) is 169 cm³/mol. The summed E-state index contributed by atoms with van der Waals surface area (Å²) < 4.78 is 11.7. The number of aromatic nitrogens is 1. The Hall–Kier alpha value is -3.93. The minimum Gasteiger partial charge on any atom is -0.481 e. The van der Waals surface area contributed by atoms with Crippen molar-refractivity contribution in [2.75, 3.05) is 59.0 Å². The van der Waals surface area contributed by atoms with Gasteiger partial charge in [0.05, 0.1) is 25.8 Å². The Balaban J connectivity index is 1.55. The lowest BCUT2D eigenvalue weighted by atomic mass is 9.74. The second-order valence-corrected chi connectivity index (χ2v) is 11.2. The van der Waals surface area contributed by atoms with Crippen LogP contribution in [0.4, 0.5) is 5.69 Å². The molecular formula is C36H39N3O2. The van der Waals surface area contributed by atoms with Crippen molar-refractivity contribution in [2.24, 2.45) is 0 Å². The summed E-state index contributed by atoms with van der Waals surface area (Å²) >= 11 is 0. The molecule has 5 aromatic rings. The number of pyridine rings is 1. The molecule has 6 rings (SSSR count). The van der Waals surface area contributed by atoms with E-state index in [2.05, 4.69) is 121 Å². The molecule has 5 nitrogen and oxygen atoms in total. The Kier molecular flexibility index (Phi) is 8.17. The molecule has 1 aliphatic rings. The lowest BCUT2D eigenvalue weighted by molar-refractivity contribution is 0.122. The van der Waals surface area contributed by atoms with Crippen LogP contribution in [-0.4, -0.2) is 63.9 Å². The van der Waals surface area contributed by atoms with E-state index in [-0.39, 0.29) is 11.8 Å². The number of ether oxygens (including phenoxy) is 2. The average molecular weight is 546 g/mol. The van der Waals surface area contributed by atoms with E-state index in [0.717, 1.165) is 55.7 Å². The van der Waals surface area contributed by atoms with E-state index in [4.69, 9.17) is 14.5 Å². The monoisotopic (exact) mass is 545 g/mol. The number of fused-ring (bicyclic) bond motifs is 2. The molecule has 2 heterocycles. The van der Waals surface area contributed by atoms with Gasteiger partial charge in [-0.1, -0.05) is 72.8 Å². The van der Waals surface area contributed by atoms with Crippen LogP contribution in [0.5, 0.6) is 5.88 Å². The topological polar surface area (TPSA) is 37.8 Å². The molecule has 1 aliphatic heterocycles. The van der Waals surface area contributed by atoms with E-state index >= 15 is 0 Å². The summed E-state index contributed by atoms with van der Waals surface area (Å²) in [5.41, 5.74) is 5.93. The summed E-state index contributed by atoms with van der Waals surface area (Å²) in [6.45, 7) is 4.31. The van der Waals surface area contributed by atoms with E-state index in [1.807, 2.05) is 0 Å². The minimum atomic E-state index is 0.0563. The van der Waals surface area contributed by atoms with E-state index in [1.165, 1.54) is 27.6 Å². The second-order valence-electron chi connectivity index (χ2n) is 11.2. The van der Waals surface area contributed by atoms with Gasteiger partial charge in [0.1, 0.15) is 0 Å². The minimum absolute atomic E-state index is 0.0563. The molecule has 0 saturated carbocycles. The van der Waals surface area contributed by atoms with Crippen molar-refractivity contribution in [1.29, 1.82) is 0 Å². The highest BCUT2D eigenvalue weighted by Gasteiger charge is 2.31. The molecule has 0 radical (unpaired) electrons. The SMILES string of the molecule is COc1nc2ccc(N3CCOCC3)cc2cc1C(c1ccccc1)C(CCN(C)C)c1cccc2ccccc12. The van der Waals surface area contributed by atoms with E-state index in [9.17, 15) is 0 Å². The fraction of sp³-hybridized carbons (Fsp3) is 0.306. The number of anilines is 1. The molecular weight excluding hydrogens is 506 g/mol. The van der Waals surface area contributed by atoms with E-state index < -0.39 is 0 Å². The fourth-order valence-electron chi connectivity index (χ4n) is 6.33. The van der Waals surface area contributed by atoms with Crippen LogP contribution in [0.2, 0.25) is 0 Å². The Labute approximate surface area is 243 Å². The van der Waals surface area contributed by atoms with Gasteiger partial charge in [-0.25, -0.2) is 4.98 Å². The molecule has 4 aromatic carbocycles. The molecule has 2 unspecified atom stereocenters. The highest BCUT2D eigenvalue weighted by molar-refractivity contribution is 5.87. The lowest BCUT2D eigenvalue weighted by Crippen LogP contribution is -2.36. The Morgan fingerprint density at radius 1 is 0.829 bits per heavy atom. The first-order chi connectivity index (χ1) is 20.1. The van der Waals surface area contributed by atoms with Gasteiger partial charge in [-0.05, 0) is 79.1 Å². The van der Waals surface area contributed by atoms with Gasteiger partial charge in [0.2, 0.25) is 5.88 Å². The molecule has 1 aromatic heterocycles.